The highest BCUT2D eigenvalue weighted by atomic mass is 19.1. The van der Waals surface area contributed by atoms with E-state index in [0.717, 1.165) is 4.68 Å². The van der Waals surface area contributed by atoms with Crippen molar-refractivity contribution >= 4 is 11.9 Å². The Kier molecular flexibility index (Phi) is 4.50. The normalized spacial score (nSPS) is 12.0. The summed E-state index contributed by atoms with van der Waals surface area (Å²) in [4.78, 5) is 24.3. The Labute approximate surface area is 126 Å². The molecule has 2 rings (SSSR count). The van der Waals surface area contributed by atoms with Crippen molar-refractivity contribution in [2.75, 3.05) is 7.05 Å². The highest BCUT2D eigenvalue weighted by Crippen LogP contribution is 2.21. The van der Waals surface area contributed by atoms with Gasteiger partial charge in [-0.3, -0.25) is 4.79 Å². The predicted octanol–water partition coefficient (Wildman–Crippen LogP) is 1.33. The molecular formula is C14H15FN4O3. The Bertz CT molecular complexity index is 701. The molecule has 0 spiro atoms. The Balaban J connectivity index is 2.08. The first-order valence-electron chi connectivity index (χ1n) is 6.53. The van der Waals surface area contributed by atoms with Crippen LogP contribution in [0.1, 0.15) is 29.0 Å². The van der Waals surface area contributed by atoms with Gasteiger partial charge in [-0.05, 0) is 13.0 Å². The second-order valence-corrected chi connectivity index (χ2v) is 4.81. The van der Waals surface area contributed by atoms with Crippen molar-refractivity contribution in [2.24, 2.45) is 0 Å². The molecule has 0 aliphatic heterocycles. The van der Waals surface area contributed by atoms with Crippen LogP contribution in [0.5, 0.6) is 0 Å². The fourth-order valence-corrected chi connectivity index (χ4v) is 1.96. The number of nitrogens with zero attached hydrogens (tertiary/aromatic N) is 4. The average molecular weight is 306 g/mol. The molecule has 116 valence electrons. The number of rotatable bonds is 5. The van der Waals surface area contributed by atoms with Gasteiger partial charge in [0.1, 0.15) is 12.4 Å². The van der Waals surface area contributed by atoms with Crippen molar-refractivity contribution in [3.05, 3.63) is 47.5 Å². The lowest BCUT2D eigenvalue weighted by Crippen LogP contribution is -2.33. The van der Waals surface area contributed by atoms with Crippen LogP contribution in [0, 0.1) is 5.82 Å². The molecule has 2 aromatic rings. The number of likely N-dealkylation sites (N-methyl/N-ethyl adjacent to an activating group) is 1. The summed E-state index contributed by atoms with van der Waals surface area (Å²) >= 11 is 0. The molecule has 0 fully saturated rings. The topological polar surface area (TPSA) is 88.3 Å². The number of carboxylic acid groups (broad SMARTS) is 1. The third kappa shape index (κ3) is 3.27. The van der Waals surface area contributed by atoms with Crippen molar-refractivity contribution in [1.29, 1.82) is 0 Å². The molecular weight excluding hydrogens is 291 g/mol. The number of carboxylic acids is 1. The lowest BCUT2D eigenvalue weighted by molar-refractivity contribution is -0.132. The van der Waals surface area contributed by atoms with Crippen molar-refractivity contribution in [3.8, 4) is 0 Å². The van der Waals surface area contributed by atoms with Crippen LogP contribution in [-0.2, 0) is 11.3 Å². The minimum absolute atomic E-state index is 0.171. The van der Waals surface area contributed by atoms with E-state index in [4.69, 9.17) is 5.11 Å². The zero-order chi connectivity index (χ0) is 16.3. The molecule has 1 aromatic carbocycles. The van der Waals surface area contributed by atoms with Crippen LogP contribution in [0.2, 0.25) is 0 Å². The van der Waals surface area contributed by atoms with E-state index in [-0.39, 0.29) is 24.0 Å². The quantitative estimate of drug-likeness (QED) is 0.900. The zero-order valence-electron chi connectivity index (χ0n) is 12.1. The summed E-state index contributed by atoms with van der Waals surface area (Å²) in [7, 11) is 1.55. The Morgan fingerprint density at radius 1 is 1.41 bits per heavy atom. The van der Waals surface area contributed by atoms with E-state index in [1.54, 1.807) is 32.2 Å². The number of hydrogen-bond donors (Lipinski definition) is 1. The molecule has 0 aliphatic carbocycles. The molecule has 1 aromatic heterocycles. The molecule has 22 heavy (non-hydrogen) atoms. The average Bonchev–Trinajstić information content (AvgIpc) is 2.95. The highest BCUT2D eigenvalue weighted by Gasteiger charge is 2.21. The standard InChI is InChI=1S/C14H15FN4O3/c1-9(10-5-3-4-6-11(10)15)18(2)13(20)8-19-7-12(14(21)22)16-17-19/h3-7,9H,8H2,1-2H3,(H,21,22). The minimum atomic E-state index is -1.22. The molecule has 1 N–H and O–H groups in total. The van der Waals surface area contributed by atoms with Crippen LogP contribution in [0.15, 0.2) is 30.5 Å². The monoisotopic (exact) mass is 306 g/mol. The number of aromatic nitrogens is 3. The van der Waals surface area contributed by atoms with E-state index in [0.29, 0.717) is 5.56 Å². The maximum Gasteiger partial charge on any atom is 0.358 e. The van der Waals surface area contributed by atoms with Crippen molar-refractivity contribution in [2.45, 2.75) is 19.5 Å². The molecule has 1 heterocycles. The molecule has 8 heteroatoms. The van der Waals surface area contributed by atoms with E-state index >= 15 is 0 Å². The van der Waals surface area contributed by atoms with Crippen molar-refractivity contribution in [3.63, 3.8) is 0 Å². The summed E-state index contributed by atoms with van der Waals surface area (Å²) in [5, 5.41) is 15.8. The number of aromatic carboxylic acids is 1. The highest BCUT2D eigenvalue weighted by molar-refractivity contribution is 5.84. The summed E-state index contributed by atoms with van der Waals surface area (Å²) in [5.41, 5.74) is 0.167. The number of carbonyl (C=O) groups excluding carboxylic acids is 1. The smallest absolute Gasteiger partial charge is 0.358 e. The largest absolute Gasteiger partial charge is 0.476 e. The van der Waals surface area contributed by atoms with Crippen LogP contribution in [0.3, 0.4) is 0 Å². The van der Waals surface area contributed by atoms with Gasteiger partial charge in [0.15, 0.2) is 5.69 Å². The molecule has 0 saturated heterocycles. The Morgan fingerprint density at radius 3 is 2.68 bits per heavy atom. The van der Waals surface area contributed by atoms with Gasteiger partial charge in [0.05, 0.1) is 12.2 Å². The van der Waals surface area contributed by atoms with Gasteiger partial charge in [-0.2, -0.15) is 0 Å². The van der Waals surface area contributed by atoms with Gasteiger partial charge in [-0.1, -0.05) is 23.4 Å². The van der Waals surface area contributed by atoms with E-state index in [9.17, 15) is 14.0 Å². The van der Waals surface area contributed by atoms with Crippen molar-refractivity contribution in [1.82, 2.24) is 19.9 Å². The second-order valence-electron chi connectivity index (χ2n) is 4.81. The molecule has 1 atom stereocenters. The van der Waals surface area contributed by atoms with Crippen molar-refractivity contribution < 1.29 is 19.1 Å². The van der Waals surface area contributed by atoms with Crippen LogP contribution in [0.4, 0.5) is 4.39 Å². The second kappa shape index (κ2) is 6.33. The summed E-state index contributed by atoms with van der Waals surface area (Å²) in [5.74, 6) is -1.94. The fourth-order valence-electron chi connectivity index (χ4n) is 1.96. The van der Waals surface area contributed by atoms with Gasteiger partial charge in [0.25, 0.3) is 0 Å². The summed E-state index contributed by atoms with van der Waals surface area (Å²) in [6.07, 6.45) is 1.17. The minimum Gasteiger partial charge on any atom is -0.476 e. The first-order valence-corrected chi connectivity index (χ1v) is 6.53. The lowest BCUT2D eigenvalue weighted by atomic mass is 10.1. The molecule has 7 nitrogen and oxygen atoms in total. The fraction of sp³-hybridized carbons (Fsp3) is 0.286. The number of hydrogen-bond acceptors (Lipinski definition) is 4. The summed E-state index contributed by atoms with van der Waals surface area (Å²) in [6, 6.07) is 5.76. The summed E-state index contributed by atoms with van der Waals surface area (Å²) in [6.45, 7) is 1.54. The molecule has 0 bridgehead atoms. The number of benzene rings is 1. The van der Waals surface area contributed by atoms with Crippen LogP contribution in [-0.4, -0.2) is 43.9 Å². The summed E-state index contributed by atoms with van der Waals surface area (Å²) < 4.78 is 14.9. The first kappa shape index (κ1) is 15.6. The zero-order valence-corrected chi connectivity index (χ0v) is 12.1. The van der Waals surface area contributed by atoms with Gasteiger partial charge in [-0.15, -0.1) is 5.10 Å². The van der Waals surface area contributed by atoms with Crippen LogP contribution < -0.4 is 0 Å². The number of amides is 1. The first-order chi connectivity index (χ1) is 10.4. The van der Waals surface area contributed by atoms with Gasteiger partial charge in [0.2, 0.25) is 5.91 Å². The molecule has 0 aliphatic rings. The van der Waals surface area contributed by atoms with Gasteiger partial charge >= 0.3 is 5.97 Å². The van der Waals surface area contributed by atoms with E-state index in [2.05, 4.69) is 10.3 Å². The molecule has 0 radical (unpaired) electrons. The Morgan fingerprint density at radius 2 is 2.09 bits per heavy atom. The predicted molar refractivity (Wildman–Crippen MR) is 74.6 cm³/mol. The SMILES string of the molecule is CC(c1ccccc1F)N(C)C(=O)Cn1cc(C(=O)O)nn1. The Hall–Kier alpha value is -2.77. The van der Waals surface area contributed by atoms with E-state index in [1.807, 2.05) is 0 Å². The van der Waals surface area contributed by atoms with Gasteiger partial charge in [0, 0.05) is 12.6 Å². The number of halogens is 1. The molecule has 0 saturated carbocycles. The molecule has 1 unspecified atom stereocenters. The van der Waals surface area contributed by atoms with Gasteiger partial charge < -0.3 is 10.0 Å². The third-order valence-corrected chi connectivity index (χ3v) is 3.38. The lowest BCUT2D eigenvalue weighted by Gasteiger charge is -2.25. The number of carbonyl (C=O) groups is 2. The van der Waals surface area contributed by atoms with E-state index in [1.165, 1.54) is 17.2 Å². The van der Waals surface area contributed by atoms with Crippen LogP contribution in [0.25, 0.3) is 0 Å². The van der Waals surface area contributed by atoms with Crippen LogP contribution >= 0.6 is 0 Å². The van der Waals surface area contributed by atoms with Gasteiger partial charge in [-0.25, -0.2) is 13.9 Å². The maximum atomic E-state index is 13.8. The third-order valence-electron chi connectivity index (χ3n) is 3.38. The van der Waals surface area contributed by atoms with E-state index < -0.39 is 12.0 Å². The molecule has 1 amide bonds. The maximum absolute atomic E-state index is 13.8.